The SMILES string of the molecule is C[N+](C)(Cc1ccc(OC(F)(F)F)cc1)C1CCN(C(=O)C(O)(c2ccccc2)C2CCCC2)CC1. The van der Waals surface area contributed by atoms with Crippen LogP contribution >= 0.6 is 0 Å². The third kappa shape index (κ3) is 5.86. The number of nitrogens with zero attached hydrogens (tertiary/aromatic N) is 2. The monoisotopic (exact) mass is 505 g/mol. The molecule has 8 heteroatoms. The van der Waals surface area contributed by atoms with E-state index < -0.39 is 12.0 Å². The van der Waals surface area contributed by atoms with Crippen LogP contribution in [0.4, 0.5) is 13.2 Å². The summed E-state index contributed by atoms with van der Waals surface area (Å²) >= 11 is 0. The van der Waals surface area contributed by atoms with Crippen molar-refractivity contribution in [2.24, 2.45) is 5.92 Å². The zero-order valence-corrected chi connectivity index (χ0v) is 21.0. The predicted octanol–water partition coefficient (Wildman–Crippen LogP) is 5.23. The molecule has 196 valence electrons. The highest BCUT2D eigenvalue weighted by molar-refractivity contribution is 5.87. The van der Waals surface area contributed by atoms with Gasteiger partial charge in [-0.25, -0.2) is 0 Å². The molecule has 1 saturated heterocycles. The Hall–Kier alpha value is -2.58. The zero-order chi connectivity index (χ0) is 26.0. The lowest BCUT2D eigenvalue weighted by Gasteiger charge is -2.45. The van der Waals surface area contributed by atoms with Gasteiger partial charge in [-0.3, -0.25) is 4.79 Å². The molecule has 1 N–H and O–H groups in total. The summed E-state index contributed by atoms with van der Waals surface area (Å²) in [5, 5.41) is 11.8. The van der Waals surface area contributed by atoms with Gasteiger partial charge >= 0.3 is 6.36 Å². The van der Waals surface area contributed by atoms with Gasteiger partial charge in [-0.2, -0.15) is 0 Å². The Morgan fingerprint density at radius 2 is 1.56 bits per heavy atom. The quantitative estimate of drug-likeness (QED) is 0.525. The van der Waals surface area contributed by atoms with Gasteiger partial charge in [0.05, 0.1) is 20.1 Å². The molecule has 0 radical (unpaired) electrons. The average Bonchev–Trinajstić information content (AvgIpc) is 3.40. The summed E-state index contributed by atoms with van der Waals surface area (Å²) in [7, 11) is 4.22. The van der Waals surface area contributed by atoms with Crippen molar-refractivity contribution in [3.63, 3.8) is 0 Å². The minimum atomic E-state index is -4.70. The lowest BCUT2D eigenvalue weighted by Crippen LogP contribution is -2.57. The molecule has 2 aromatic carbocycles. The Morgan fingerprint density at radius 3 is 2.11 bits per heavy atom. The third-order valence-corrected chi connectivity index (χ3v) is 7.97. The van der Waals surface area contributed by atoms with Crippen molar-refractivity contribution in [3.05, 3.63) is 65.7 Å². The van der Waals surface area contributed by atoms with E-state index in [1.165, 1.54) is 12.1 Å². The fourth-order valence-corrected chi connectivity index (χ4v) is 5.97. The molecule has 1 amide bonds. The van der Waals surface area contributed by atoms with Crippen LogP contribution < -0.4 is 4.74 Å². The number of ether oxygens (including phenoxy) is 1. The molecule has 2 fully saturated rings. The number of hydrogen-bond donors (Lipinski definition) is 1. The summed E-state index contributed by atoms with van der Waals surface area (Å²) < 4.78 is 41.9. The number of carbonyl (C=O) groups is 1. The van der Waals surface area contributed by atoms with Crippen LogP contribution in [0, 0.1) is 5.92 Å². The van der Waals surface area contributed by atoms with E-state index in [0.29, 0.717) is 29.7 Å². The maximum atomic E-state index is 13.8. The first kappa shape index (κ1) is 26.5. The molecule has 0 bridgehead atoms. The second-order valence-corrected chi connectivity index (χ2v) is 10.8. The van der Waals surface area contributed by atoms with E-state index in [9.17, 15) is 23.1 Å². The van der Waals surface area contributed by atoms with Gasteiger partial charge in [-0.1, -0.05) is 43.2 Å². The van der Waals surface area contributed by atoms with Gasteiger partial charge in [0.25, 0.3) is 5.91 Å². The zero-order valence-electron chi connectivity index (χ0n) is 21.0. The van der Waals surface area contributed by atoms with Crippen LogP contribution in [-0.2, 0) is 16.9 Å². The van der Waals surface area contributed by atoms with Crippen molar-refractivity contribution in [1.82, 2.24) is 4.90 Å². The second-order valence-electron chi connectivity index (χ2n) is 10.8. The molecule has 4 rings (SSSR count). The molecule has 1 saturated carbocycles. The highest BCUT2D eigenvalue weighted by Gasteiger charge is 2.49. The topological polar surface area (TPSA) is 49.8 Å². The van der Waals surface area contributed by atoms with E-state index in [4.69, 9.17) is 0 Å². The van der Waals surface area contributed by atoms with Gasteiger partial charge in [0.1, 0.15) is 12.3 Å². The maximum absolute atomic E-state index is 13.8. The molecule has 1 aliphatic carbocycles. The molecule has 1 atom stereocenters. The standard InChI is InChI=1S/C28H36F3N2O3/c1-33(2,20-21-12-14-25(15-13-21)36-28(29,30)31)24-16-18-32(19-17-24)26(34)27(35,23-10-6-7-11-23)22-8-4-3-5-9-22/h3-5,8-9,12-15,23-24,35H,6-7,10-11,16-20H2,1-2H3/q+1. The fourth-order valence-electron chi connectivity index (χ4n) is 5.97. The minimum absolute atomic E-state index is 0.0679. The molecule has 1 heterocycles. The number of piperidine rings is 1. The number of hydrogen-bond acceptors (Lipinski definition) is 3. The van der Waals surface area contributed by atoms with Crippen molar-refractivity contribution in [1.29, 1.82) is 0 Å². The van der Waals surface area contributed by atoms with Gasteiger partial charge in [0.2, 0.25) is 0 Å². The highest BCUT2D eigenvalue weighted by atomic mass is 19.4. The van der Waals surface area contributed by atoms with E-state index in [2.05, 4.69) is 18.8 Å². The molecule has 36 heavy (non-hydrogen) atoms. The first-order valence-corrected chi connectivity index (χ1v) is 12.7. The van der Waals surface area contributed by atoms with Crippen LogP contribution in [0.5, 0.6) is 5.75 Å². The highest BCUT2D eigenvalue weighted by Crippen LogP contribution is 2.42. The third-order valence-electron chi connectivity index (χ3n) is 7.97. The number of carbonyl (C=O) groups excluding carboxylic acids is 1. The Morgan fingerprint density at radius 1 is 0.972 bits per heavy atom. The summed E-state index contributed by atoms with van der Waals surface area (Å²) in [6, 6.07) is 15.7. The van der Waals surface area contributed by atoms with Crippen LogP contribution in [0.1, 0.15) is 49.7 Å². The number of likely N-dealkylation sites (tertiary alicyclic amines) is 1. The molecule has 1 unspecified atom stereocenters. The second kappa shape index (κ2) is 10.4. The van der Waals surface area contributed by atoms with E-state index in [0.717, 1.165) is 44.1 Å². The number of quaternary nitrogens is 1. The Kier molecular flexibility index (Phi) is 7.67. The van der Waals surface area contributed by atoms with Gasteiger partial charge in [-0.05, 0) is 42.7 Å². The number of aliphatic hydroxyl groups is 1. The van der Waals surface area contributed by atoms with Gasteiger partial charge in [-0.15, -0.1) is 13.2 Å². The minimum Gasteiger partial charge on any atom is -0.406 e. The van der Waals surface area contributed by atoms with E-state index in [1.54, 1.807) is 12.1 Å². The number of halogens is 3. The molecule has 0 aromatic heterocycles. The lowest BCUT2D eigenvalue weighted by molar-refractivity contribution is -0.929. The number of rotatable bonds is 7. The van der Waals surface area contributed by atoms with E-state index in [-0.39, 0.29) is 23.6 Å². The molecule has 2 aromatic rings. The smallest absolute Gasteiger partial charge is 0.406 e. The summed E-state index contributed by atoms with van der Waals surface area (Å²) in [5.41, 5.74) is 0.112. The Labute approximate surface area is 211 Å². The summed E-state index contributed by atoms with van der Waals surface area (Å²) in [5.74, 6) is -0.484. The van der Waals surface area contributed by atoms with Crippen LogP contribution in [0.2, 0.25) is 0 Å². The Bertz CT molecular complexity index is 1010. The first-order valence-electron chi connectivity index (χ1n) is 12.7. The van der Waals surface area contributed by atoms with Crippen LogP contribution in [0.15, 0.2) is 54.6 Å². The molecular formula is C28H36F3N2O3+. The van der Waals surface area contributed by atoms with E-state index in [1.807, 2.05) is 35.2 Å². The fraction of sp³-hybridized carbons (Fsp3) is 0.536. The number of alkyl halides is 3. The molecule has 2 aliphatic rings. The Balaban J connectivity index is 1.40. The van der Waals surface area contributed by atoms with Crippen molar-refractivity contribution < 1.29 is 32.3 Å². The van der Waals surface area contributed by atoms with E-state index >= 15 is 0 Å². The van der Waals surface area contributed by atoms with Crippen molar-refractivity contribution in [2.45, 2.75) is 63.1 Å². The van der Waals surface area contributed by atoms with Crippen LogP contribution in [-0.4, -0.2) is 60.0 Å². The summed E-state index contributed by atoms with van der Waals surface area (Å²) in [6.45, 7) is 1.80. The normalized spacial score (nSPS) is 19.8. The van der Waals surface area contributed by atoms with Crippen molar-refractivity contribution in [2.75, 3.05) is 27.2 Å². The molecular weight excluding hydrogens is 469 g/mol. The van der Waals surface area contributed by atoms with Crippen molar-refractivity contribution in [3.8, 4) is 5.75 Å². The maximum Gasteiger partial charge on any atom is 0.573 e. The molecule has 5 nitrogen and oxygen atoms in total. The predicted molar refractivity (Wildman–Crippen MR) is 131 cm³/mol. The van der Waals surface area contributed by atoms with Gasteiger partial charge in [0, 0.05) is 37.4 Å². The van der Waals surface area contributed by atoms with Crippen molar-refractivity contribution >= 4 is 5.91 Å². The largest absolute Gasteiger partial charge is 0.573 e. The van der Waals surface area contributed by atoms with Crippen LogP contribution in [0.3, 0.4) is 0 Å². The average molecular weight is 506 g/mol. The van der Waals surface area contributed by atoms with Crippen LogP contribution in [0.25, 0.3) is 0 Å². The number of amides is 1. The first-order chi connectivity index (χ1) is 17.0. The van der Waals surface area contributed by atoms with Gasteiger partial charge in [0.15, 0.2) is 5.60 Å². The summed E-state index contributed by atoms with van der Waals surface area (Å²) in [6.07, 6.45) is 0.655. The summed E-state index contributed by atoms with van der Waals surface area (Å²) in [4.78, 5) is 15.6. The number of benzene rings is 2. The molecule has 0 spiro atoms. The van der Waals surface area contributed by atoms with Gasteiger partial charge < -0.3 is 19.2 Å². The lowest BCUT2D eigenvalue weighted by atomic mass is 9.78. The molecule has 1 aliphatic heterocycles.